The van der Waals surface area contributed by atoms with Gasteiger partial charge in [-0.15, -0.1) is 0 Å². The first-order chi connectivity index (χ1) is 9.72. The van der Waals surface area contributed by atoms with Crippen LogP contribution in [-0.2, 0) is 6.54 Å². The van der Waals surface area contributed by atoms with Gasteiger partial charge < -0.3 is 0 Å². The monoisotopic (exact) mass is 294 g/mol. The van der Waals surface area contributed by atoms with E-state index in [0.29, 0.717) is 23.0 Å². The van der Waals surface area contributed by atoms with Crippen molar-refractivity contribution in [1.82, 2.24) is 20.1 Å². The molecule has 0 radical (unpaired) electrons. The summed E-state index contributed by atoms with van der Waals surface area (Å²) in [5.74, 6) is 1.17. The number of aromatic nitrogens is 3. The van der Waals surface area contributed by atoms with Crippen LogP contribution in [0.2, 0.25) is 5.02 Å². The van der Waals surface area contributed by atoms with E-state index in [0.717, 1.165) is 31.8 Å². The molecule has 1 saturated heterocycles. The third-order valence-corrected chi connectivity index (χ3v) is 4.05. The van der Waals surface area contributed by atoms with Crippen molar-refractivity contribution in [2.24, 2.45) is 0 Å². The zero-order valence-electron chi connectivity index (χ0n) is 11.0. The highest BCUT2D eigenvalue weighted by atomic mass is 35.5. The molecule has 1 N–H and O–H groups in total. The number of rotatable bonds is 3. The molecule has 2 aromatic rings. The van der Waals surface area contributed by atoms with Crippen LogP contribution in [0.15, 0.2) is 24.5 Å². The van der Waals surface area contributed by atoms with Crippen LogP contribution in [0.3, 0.4) is 0 Å². The summed E-state index contributed by atoms with van der Waals surface area (Å²) in [4.78, 5) is 6.48. The molecule has 0 amide bonds. The van der Waals surface area contributed by atoms with E-state index in [1.54, 1.807) is 18.5 Å². The van der Waals surface area contributed by atoms with Gasteiger partial charge in [-0.3, -0.25) is 10.00 Å². The minimum Gasteiger partial charge on any atom is -0.299 e. The second-order valence-electron chi connectivity index (χ2n) is 5.16. The van der Waals surface area contributed by atoms with Crippen molar-refractivity contribution >= 4 is 11.6 Å². The van der Waals surface area contributed by atoms with Crippen LogP contribution >= 0.6 is 11.6 Å². The van der Waals surface area contributed by atoms with Crippen LogP contribution in [0, 0.1) is 5.82 Å². The Morgan fingerprint density at radius 3 is 2.80 bits per heavy atom. The van der Waals surface area contributed by atoms with Gasteiger partial charge in [0.1, 0.15) is 18.0 Å². The zero-order valence-corrected chi connectivity index (χ0v) is 11.8. The minimum absolute atomic E-state index is 0.227. The van der Waals surface area contributed by atoms with Gasteiger partial charge in [-0.25, -0.2) is 9.37 Å². The van der Waals surface area contributed by atoms with Crippen molar-refractivity contribution in [2.45, 2.75) is 25.3 Å². The Morgan fingerprint density at radius 2 is 2.15 bits per heavy atom. The zero-order chi connectivity index (χ0) is 13.9. The third kappa shape index (κ3) is 2.99. The number of likely N-dealkylation sites (tertiary alicyclic amines) is 1. The maximum Gasteiger partial charge on any atom is 0.137 e. The van der Waals surface area contributed by atoms with E-state index in [1.165, 1.54) is 6.07 Å². The molecule has 0 atom stereocenters. The van der Waals surface area contributed by atoms with Crippen molar-refractivity contribution in [3.63, 3.8) is 0 Å². The molecule has 0 bridgehead atoms. The molecule has 1 aliphatic heterocycles. The second-order valence-corrected chi connectivity index (χ2v) is 5.59. The molecule has 0 saturated carbocycles. The van der Waals surface area contributed by atoms with Crippen molar-refractivity contribution in [2.75, 3.05) is 13.1 Å². The highest BCUT2D eigenvalue weighted by Gasteiger charge is 2.23. The summed E-state index contributed by atoms with van der Waals surface area (Å²) < 4.78 is 13.8. The Labute approximate surface area is 122 Å². The molecular formula is C14H16ClFN4. The largest absolute Gasteiger partial charge is 0.299 e. The predicted molar refractivity (Wildman–Crippen MR) is 75.0 cm³/mol. The van der Waals surface area contributed by atoms with Gasteiger partial charge in [0.05, 0.1) is 0 Å². The van der Waals surface area contributed by atoms with E-state index in [9.17, 15) is 4.39 Å². The molecule has 106 valence electrons. The molecule has 0 spiro atoms. The summed E-state index contributed by atoms with van der Waals surface area (Å²) in [6, 6.07) is 4.87. The minimum atomic E-state index is -0.227. The molecule has 1 aromatic heterocycles. The number of H-pyrrole nitrogens is 1. The van der Waals surface area contributed by atoms with E-state index in [-0.39, 0.29) is 5.82 Å². The maximum absolute atomic E-state index is 13.8. The topological polar surface area (TPSA) is 44.8 Å². The van der Waals surface area contributed by atoms with Crippen LogP contribution in [0.1, 0.15) is 30.1 Å². The molecule has 4 nitrogen and oxygen atoms in total. The number of hydrogen-bond acceptors (Lipinski definition) is 3. The van der Waals surface area contributed by atoms with Gasteiger partial charge in [0.25, 0.3) is 0 Å². The van der Waals surface area contributed by atoms with Gasteiger partial charge in [-0.2, -0.15) is 5.10 Å². The summed E-state index contributed by atoms with van der Waals surface area (Å²) >= 11 is 5.77. The van der Waals surface area contributed by atoms with Gasteiger partial charge in [-0.1, -0.05) is 17.7 Å². The smallest absolute Gasteiger partial charge is 0.137 e. The third-order valence-electron chi connectivity index (χ3n) is 3.82. The van der Waals surface area contributed by atoms with E-state index in [1.807, 2.05) is 0 Å². The molecule has 1 fully saturated rings. The highest BCUT2D eigenvalue weighted by molar-refractivity contribution is 6.30. The van der Waals surface area contributed by atoms with Crippen molar-refractivity contribution < 1.29 is 4.39 Å². The van der Waals surface area contributed by atoms with E-state index >= 15 is 0 Å². The number of nitrogens with one attached hydrogen (secondary N) is 1. The first-order valence-electron chi connectivity index (χ1n) is 6.74. The van der Waals surface area contributed by atoms with Crippen LogP contribution in [0.5, 0.6) is 0 Å². The van der Waals surface area contributed by atoms with Gasteiger partial charge in [0, 0.05) is 23.0 Å². The number of hydrogen-bond donors (Lipinski definition) is 1. The van der Waals surface area contributed by atoms with Crippen LogP contribution in [0.25, 0.3) is 0 Å². The van der Waals surface area contributed by atoms with Gasteiger partial charge >= 0.3 is 0 Å². The number of aromatic amines is 1. The lowest BCUT2D eigenvalue weighted by molar-refractivity contribution is 0.199. The van der Waals surface area contributed by atoms with Gasteiger partial charge in [0.15, 0.2) is 0 Å². The highest BCUT2D eigenvalue weighted by Crippen LogP contribution is 2.26. The fraction of sp³-hybridized carbons (Fsp3) is 0.429. The first kappa shape index (κ1) is 13.5. The standard InChI is InChI=1S/C14H16ClFN4/c15-12-2-1-11(13(16)7-12)8-20-5-3-10(4-6-20)14-17-9-18-19-14/h1-2,7,9-10H,3-6,8H2,(H,17,18,19). The Kier molecular flexibility index (Phi) is 3.98. The van der Waals surface area contributed by atoms with Crippen molar-refractivity contribution in [3.05, 3.63) is 46.8 Å². The Morgan fingerprint density at radius 1 is 1.35 bits per heavy atom. The molecule has 2 heterocycles. The molecule has 0 aliphatic carbocycles. The molecule has 6 heteroatoms. The second kappa shape index (κ2) is 5.89. The lowest BCUT2D eigenvalue weighted by Gasteiger charge is -2.31. The molecule has 1 aliphatic rings. The molecule has 3 rings (SSSR count). The van der Waals surface area contributed by atoms with Crippen LogP contribution in [-0.4, -0.2) is 33.2 Å². The Balaban J connectivity index is 1.58. The van der Waals surface area contributed by atoms with E-state index in [4.69, 9.17) is 11.6 Å². The lowest BCUT2D eigenvalue weighted by atomic mass is 9.96. The summed E-state index contributed by atoms with van der Waals surface area (Å²) in [6.45, 7) is 2.51. The fourth-order valence-electron chi connectivity index (χ4n) is 2.67. The normalized spacial score (nSPS) is 17.5. The van der Waals surface area contributed by atoms with E-state index < -0.39 is 0 Å². The maximum atomic E-state index is 13.8. The number of nitrogens with zero attached hydrogens (tertiary/aromatic N) is 3. The summed E-state index contributed by atoms with van der Waals surface area (Å²) in [6.07, 6.45) is 3.58. The van der Waals surface area contributed by atoms with Crippen LogP contribution in [0.4, 0.5) is 4.39 Å². The Hall–Kier alpha value is -1.46. The van der Waals surface area contributed by atoms with Gasteiger partial charge in [0.2, 0.25) is 0 Å². The van der Waals surface area contributed by atoms with Crippen molar-refractivity contribution in [3.8, 4) is 0 Å². The Bertz CT molecular complexity index is 565. The molecule has 1 aromatic carbocycles. The number of halogens is 2. The lowest BCUT2D eigenvalue weighted by Crippen LogP contribution is -2.33. The average molecular weight is 295 g/mol. The summed E-state index contributed by atoms with van der Waals surface area (Å²) in [5.41, 5.74) is 0.701. The van der Waals surface area contributed by atoms with Crippen LogP contribution < -0.4 is 0 Å². The fourth-order valence-corrected chi connectivity index (χ4v) is 2.83. The molecule has 0 unspecified atom stereocenters. The van der Waals surface area contributed by atoms with Crippen molar-refractivity contribution in [1.29, 1.82) is 0 Å². The number of benzene rings is 1. The summed E-state index contributed by atoms with van der Waals surface area (Å²) in [5, 5.41) is 7.26. The average Bonchev–Trinajstić information content (AvgIpc) is 2.97. The van der Waals surface area contributed by atoms with Gasteiger partial charge in [-0.05, 0) is 38.1 Å². The molecule has 20 heavy (non-hydrogen) atoms. The quantitative estimate of drug-likeness (QED) is 0.946. The predicted octanol–water partition coefficient (Wildman–Crippen LogP) is 2.98. The molecular weight excluding hydrogens is 279 g/mol. The first-order valence-corrected chi connectivity index (χ1v) is 7.11. The summed E-state index contributed by atoms with van der Waals surface area (Å²) in [7, 11) is 0. The number of piperidine rings is 1. The SMILES string of the molecule is Fc1cc(Cl)ccc1CN1CCC(c2ncn[nH]2)CC1. The van der Waals surface area contributed by atoms with E-state index in [2.05, 4.69) is 20.1 Å².